The molecular formula is C28H28N2O5. The maximum atomic E-state index is 13.3. The van der Waals surface area contributed by atoms with Crippen LogP contribution in [0.25, 0.3) is 0 Å². The van der Waals surface area contributed by atoms with Crippen molar-refractivity contribution in [2.75, 3.05) is 14.2 Å². The number of carbonyl (C=O) groups is 1. The van der Waals surface area contributed by atoms with E-state index in [1.54, 1.807) is 32.4 Å². The molecule has 1 N–H and O–H groups in total. The maximum absolute atomic E-state index is 13.3. The van der Waals surface area contributed by atoms with Gasteiger partial charge in [0.1, 0.15) is 18.1 Å². The number of benzene rings is 3. The second-order valence-corrected chi connectivity index (χ2v) is 8.05. The average molecular weight is 473 g/mol. The standard InChI is InChI=1S/C28H28N2O5/c1-18-24(19(2)35-30-18)17-34-25-15-12-22(16-26(25)33-4)28(31)29-27(20-8-6-5-7-9-20)21-10-13-23(32-3)14-11-21/h5-16,27H,17H2,1-4H3,(H,29,31). The average Bonchev–Trinajstić information content (AvgIpc) is 3.23. The van der Waals surface area contributed by atoms with Gasteiger partial charge in [0.2, 0.25) is 0 Å². The Morgan fingerprint density at radius 1 is 0.914 bits per heavy atom. The topological polar surface area (TPSA) is 82.8 Å². The molecule has 0 saturated carbocycles. The van der Waals surface area contributed by atoms with Crippen molar-refractivity contribution in [1.82, 2.24) is 10.5 Å². The lowest BCUT2D eigenvalue weighted by atomic mass is 9.98. The molecule has 0 spiro atoms. The lowest BCUT2D eigenvalue weighted by Crippen LogP contribution is -2.29. The molecule has 0 saturated heterocycles. The quantitative estimate of drug-likeness (QED) is 0.351. The van der Waals surface area contributed by atoms with Crippen LogP contribution in [0.5, 0.6) is 17.2 Å². The molecule has 4 rings (SSSR count). The van der Waals surface area contributed by atoms with Crippen molar-refractivity contribution < 1.29 is 23.5 Å². The van der Waals surface area contributed by atoms with E-state index in [4.69, 9.17) is 18.7 Å². The summed E-state index contributed by atoms with van der Waals surface area (Å²) in [4.78, 5) is 13.3. The van der Waals surface area contributed by atoms with E-state index in [2.05, 4.69) is 10.5 Å². The molecule has 1 amide bonds. The SMILES string of the molecule is COc1ccc(C(NC(=O)c2ccc(OCc3c(C)noc3C)c(OC)c2)c2ccccc2)cc1. The highest BCUT2D eigenvalue weighted by molar-refractivity contribution is 5.95. The van der Waals surface area contributed by atoms with Crippen molar-refractivity contribution in [3.63, 3.8) is 0 Å². The number of nitrogens with zero attached hydrogens (tertiary/aromatic N) is 1. The van der Waals surface area contributed by atoms with E-state index in [-0.39, 0.29) is 18.6 Å². The Morgan fingerprint density at radius 2 is 1.63 bits per heavy atom. The van der Waals surface area contributed by atoms with E-state index in [1.165, 1.54) is 0 Å². The van der Waals surface area contributed by atoms with Gasteiger partial charge in [-0.1, -0.05) is 47.6 Å². The monoisotopic (exact) mass is 472 g/mol. The molecule has 4 aromatic rings. The fraction of sp³-hybridized carbons (Fsp3) is 0.214. The summed E-state index contributed by atoms with van der Waals surface area (Å²) in [5.74, 6) is 2.22. The molecule has 1 aromatic heterocycles. The van der Waals surface area contributed by atoms with Crippen LogP contribution in [-0.4, -0.2) is 25.3 Å². The molecule has 35 heavy (non-hydrogen) atoms. The Kier molecular flexibility index (Phi) is 7.35. The van der Waals surface area contributed by atoms with Crippen molar-refractivity contribution in [3.05, 3.63) is 107 Å². The molecule has 3 aromatic carbocycles. The zero-order valence-corrected chi connectivity index (χ0v) is 20.2. The molecule has 1 heterocycles. The van der Waals surface area contributed by atoms with Crippen molar-refractivity contribution >= 4 is 5.91 Å². The van der Waals surface area contributed by atoms with Crippen molar-refractivity contribution in [2.45, 2.75) is 26.5 Å². The number of ether oxygens (including phenoxy) is 3. The number of aryl methyl sites for hydroxylation is 2. The van der Waals surface area contributed by atoms with E-state index in [9.17, 15) is 4.79 Å². The molecule has 0 aliphatic rings. The molecule has 180 valence electrons. The van der Waals surface area contributed by atoms with Gasteiger partial charge in [-0.3, -0.25) is 4.79 Å². The van der Waals surface area contributed by atoms with Crippen LogP contribution in [0, 0.1) is 13.8 Å². The Balaban J connectivity index is 1.55. The zero-order chi connectivity index (χ0) is 24.8. The van der Waals surface area contributed by atoms with Crippen molar-refractivity contribution in [2.24, 2.45) is 0 Å². The van der Waals surface area contributed by atoms with Gasteiger partial charge in [0.15, 0.2) is 11.5 Å². The molecule has 0 aliphatic heterocycles. The summed E-state index contributed by atoms with van der Waals surface area (Å²) in [6, 6.07) is 22.3. The van der Waals surface area contributed by atoms with Crippen molar-refractivity contribution in [3.8, 4) is 17.2 Å². The van der Waals surface area contributed by atoms with E-state index in [0.717, 1.165) is 28.1 Å². The van der Waals surface area contributed by atoms with Crippen LogP contribution in [0.4, 0.5) is 0 Å². The number of carbonyl (C=O) groups excluding carboxylic acids is 1. The highest BCUT2D eigenvalue weighted by Crippen LogP contribution is 2.30. The van der Waals surface area contributed by atoms with E-state index in [0.29, 0.717) is 22.8 Å². The zero-order valence-electron chi connectivity index (χ0n) is 20.2. The predicted octanol–water partition coefficient (Wildman–Crippen LogP) is 5.41. The first-order valence-electron chi connectivity index (χ1n) is 11.2. The number of rotatable bonds is 9. The summed E-state index contributed by atoms with van der Waals surface area (Å²) in [7, 11) is 3.17. The molecule has 7 heteroatoms. The Labute approximate surface area is 204 Å². The van der Waals surface area contributed by atoms with Gasteiger partial charge < -0.3 is 24.1 Å². The number of nitrogens with one attached hydrogen (secondary N) is 1. The van der Waals surface area contributed by atoms with Crippen LogP contribution in [0.1, 0.15) is 44.5 Å². The molecule has 0 aliphatic carbocycles. The van der Waals surface area contributed by atoms with Gasteiger partial charge in [-0.25, -0.2) is 0 Å². The van der Waals surface area contributed by atoms with Gasteiger partial charge in [0, 0.05) is 5.56 Å². The molecule has 0 radical (unpaired) electrons. The number of hydrogen-bond donors (Lipinski definition) is 1. The number of amides is 1. The van der Waals surface area contributed by atoms with Crippen LogP contribution >= 0.6 is 0 Å². The smallest absolute Gasteiger partial charge is 0.252 e. The Bertz CT molecular complexity index is 1260. The highest BCUT2D eigenvalue weighted by atomic mass is 16.5. The second-order valence-electron chi connectivity index (χ2n) is 8.05. The third-order valence-electron chi connectivity index (χ3n) is 5.84. The second kappa shape index (κ2) is 10.8. The van der Waals surface area contributed by atoms with Crippen LogP contribution in [0.3, 0.4) is 0 Å². The van der Waals surface area contributed by atoms with E-state index < -0.39 is 0 Å². The highest BCUT2D eigenvalue weighted by Gasteiger charge is 2.20. The Hall–Kier alpha value is -4.26. The minimum atomic E-state index is -0.337. The van der Waals surface area contributed by atoms with Crippen molar-refractivity contribution in [1.29, 1.82) is 0 Å². The molecule has 7 nitrogen and oxygen atoms in total. The minimum Gasteiger partial charge on any atom is -0.497 e. The van der Waals surface area contributed by atoms with Gasteiger partial charge in [-0.15, -0.1) is 0 Å². The summed E-state index contributed by atoms with van der Waals surface area (Å²) in [6.07, 6.45) is 0. The van der Waals surface area contributed by atoms with Gasteiger partial charge in [0.25, 0.3) is 5.91 Å². The van der Waals surface area contributed by atoms with E-state index in [1.807, 2.05) is 68.4 Å². The largest absolute Gasteiger partial charge is 0.497 e. The number of methoxy groups -OCH3 is 2. The fourth-order valence-electron chi connectivity index (χ4n) is 3.80. The minimum absolute atomic E-state index is 0.231. The summed E-state index contributed by atoms with van der Waals surface area (Å²) in [6.45, 7) is 4.00. The van der Waals surface area contributed by atoms with Crippen LogP contribution in [0.15, 0.2) is 77.3 Å². The van der Waals surface area contributed by atoms with Gasteiger partial charge in [0.05, 0.1) is 31.5 Å². The first-order chi connectivity index (χ1) is 17.0. The summed E-state index contributed by atoms with van der Waals surface area (Å²) in [5, 5.41) is 7.10. The molecular weight excluding hydrogens is 444 g/mol. The lowest BCUT2D eigenvalue weighted by molar-refractivity contribution is 0.0942. The van der Waals surface area contributed by atoms with Crippen LogP contribution in [0.2, 0.25) is 0 Å². The number of hydrogen-bond acceptors (Lipinski definition) is 6. The van der Waals surface area contributed by atoms with Gasteiger partial charge in [-0.2, -0.15) is 0 Å². The summed E-state index contributed by atoms with van der Waals surface area (Å²) >= 11 is 0. The molecule has 0 fully saturated rings. The molecule has 1 unspecified atom stereocenters. The Morgan fingerprint density at radius 3 is 2.26 bits per heavy atom. The first kappa shape index (κ1) is 23.9. The summed E-state index contributed by atoms with van der Waals surface area (Å²) in [5.41, 5.74) is 4.04. The maximum Gasteiger partial charge on any atom is 0.252 e. The summed E-state index contributed by atoms with van der Waals surface area (Å²) < 4.78 is 21.9. The van der Waals surface area contributed by atoms with Crippen LogP contribution in [-0.2, 0) is 6.61 Å². The van der Waals surface area contributed by atoms with E-state index >= 15 is 0 Å². The third kappa shape index (κ3) is 5.46. The van der Waals surface area contributed by atoms with Crippen LogP contribution < -0.4 is 19.5 Å². The fourth-order valence-corrected chi connectivity index (χ4v) is 3.80. The number of aromatic nitrogens is 1. The first-order valence-corrected chi connectivity index (χ1v) is 11.2. The normalized spacial score (nSPS) is 11.5. The molecule has 0 bridgehead atoms. The van der Waals surface area contributed by atoms with Gasteiger partial charge in [-0.05, 0) is 55.3 Å². The predicted molar refractivity (Wildman–Crippen MR) is 132 cm³/mol. The lowest BCUT2D eigenvalue weighted by Gasteiger charge is -2.21. The molecule has 1 atom stereocenters. The third-order valence-corrected chi connectivity index (χ3v) is 5.84. The van der Waals surface area contributed by atoms with Gasteiger partial charge >= 0.3 is 0 Å².